The number of hydrogen-bond acceptors (Lipinski definition) is 6. The zero-order chi connectivity index (χ0) is 32.1. The van der Waals surface area contributed by atoms with Gasteiger partial charge in [0.1, 0.15) is 36.4 Å². The van der Waals surface area contributed by atoms with Gasteiger partial charge in [-0.05, 0) is 81.9 Å². The molecule has 0 saturated carbocycles. The number of nitrogens with two attached hydrogens (primary N) is 2. The fourth-order valence-electron chi connectivity index (χ4n) is 4.93. The maximum atomic E-state index is 7.50. The van der Waals surface area contributed by atoms with Crippen LogP contribution in [-0.4, -0.2) is 11.7 Å². The maximum absolute atomic E-state index is 7.50. The zero-order valence-corrected chi connectivity index (χ0v) is 25.8. The van der Waals surface area contributed by atoms with Gasteiger partial charge in [-0.1, -0.05) is 72.8 Å². The lowest BCUT2D eigenvalue weighted by molar-refractivity contribution is 0.306. The second kappa shape index (κ2) is 16.0. The van der Waals surface area contributed by atoms with Crippen LogP contribution in [0.15, 0.2) is 121 Å². The molecule has 0 aliphatic rings. The van der Waals surface area contributed by atoms with Crippen molar-refractivity contribution in [2.45, 2.75) is 39.4 Å². The smallest absolute Gasteiger partial charge is 0.122 e. The Morgan fingerprint density at radius 3 is 1.17 bits per heavy atom. The van der Waals surface area contributed by atoms with Crippen LogP contribution < -0.4 is 31.6 Å². The predicted molar refractivity (Wildman–Crippen MR) is 184 cm³/mol. The van der Waals surface area contributed by atoms with Crippen molar-refractivity contribution < 1.29 is 9.47 Å². The van der Waals surface area contributed by atoms with Crippen LogP contribution in [0.4, 0.5) is 0 Å². The van der Waals surface area contributed by atoms with E-state index >= 15 is 0 Å². The fourth-order valence-corrected chi connectivity index (χ4v) is 4.93. The predicted octanol–water partition coefficient (Wildman–Crippen LogP) is 5.99. The Balaban J connectivity index is 1.01. The lowest BCUT2D eigenvalue weighted by atomic mass is 10.1. The van der Waals surface area contributed by atoms with Gasteiger partial charge in [0.25, 0.3) is 0 Å². The Morgan fingerprint density at radius 1 is 0.457 bits per heavy atom. The van der Waals surface area contributed by atoms with E-state index < -0.39 is 0 Å². The van der Waals surface area contributed by atoms with E-state index in [-0.39, 0.29) is 11.7 Å². The third-order valence-corrected chi connectivity index (χ3v) is 7.46. The molecule has 0 radical (unpaired) electrons. The number of ether oxygens (including phenoxy) is 2. The highest BCUT2D eigenvalue weighted by atomic mass is 16.5. The molecule has 8 N–H and O–H groups in total. The average molecular weight is 613 g/mol. The molecule has 8 heteroatoms. The van der Waals surface area contributed by atoms with Crippen molar-refractivity contribution in [3.8, 4) is 11.5 Å². The first kappa shape index (κ1) is 32.0. The van der Waals surface area contributed by atoms with Crippen molar-refractivity contribution in [2.24, 2.45) is 11.5 Å². The van der Waals surface area contributed by atoms with Crippen LogP contribution in [0.25, 0.3) is 0 Å². The molecule has 234 valence electrons. The van der Waals surface area contributed by atoms with Crippen molar-refractivity contribution in [3.05, 3.63) is 166 Å². The molecule has 0 atom stereocenters. The molecule has 5 rings (SSSR count). The molecule has 0 heterocycles. The van der Waals surface area contributed by atoms with Gasteiger partial charge in [0.15, 0.2) is 0 Å². The molecule has 46 heavy (non-hydrogen) atoms. The van der Waals surface area contributed by atoms with Gasteiger partial charge in [-0.25, -0.2) is 0 Å². The van der Waals surface area contributed by atoms with Crippen LogP contribution in [-0.2, 0) is 39.4 Å². The molecule has 0 amide bonds. The Morgan fingerprint density at radius 2 is 0.804 bits per heavy atom. The largest absolute Gasteiger partial charge is 0.489 e. The van der Waals surface area contributed by atoms with Crippen LogP contribution in [0.3, 0.4) is 0 Å². The van der Waals surface area contributed by atoms with Gasteiger partial charge in [0.05, 0.1) is 0 Å². The van der Waals surface area contributed by atoms with E-state index in [4.69, 9.17) is 31.8 Å². The van der Waals surface area contributed by atoms with Gasteiger partial charge in [-0.15, -0.1) is 0 Å². The van der Waals surface area contributed by atoms with Crippen molar-refractivity contribution in [1.29, 1.82) is 10.8 Å². The molecular formula is C38H40N6O2. The summed E-state index contributed by atoms with van der Waals surface area (Å²) in [6, 6.07) is 40.0. The van der Waals surface area contributed by atoms with Crippen LogP contribution in [0.5, 0.6) is 11.5 Å². The molecule has 0 aromatic heterocycles. The van der Waals surface area contributed by atoms with E-state index in [1.807, 2.05) is 24.3 Å². The SMILES string of the molecule is N=C(N)c1ccc(OCc2cccc(CNCc3ccc(CNCc4cccc(COc5ccc(C(=N)N)cc5)c4)cc3)c2)cc1. The number of benzene rings is 5. The quantitative estimate of drug-likeness (QED) is 0.0597. The second-order valence-corrected chi connectivity index (χ2v) is 11.1. The van der Waals surface area contributed by atoms with Gasteiger partial charge in [0.2, 0.25) is 0 Å². The van der Waals surface area contributed by atoms with Crippen molar-refractivity contribution in [3.63, 3.8) is 0 Å². The lowest BCUT2D eigenvalue weighted by Crippen LogP contribution is -2.14. The topological polar surface area (TPSA) is 142 Å². The highest BCUT2D eigenvalue weighted by molar-refractivity contribution is 5.95. The molecule has 0 aliphatic carbocycles. The Bertz CT molecular complexity index is 1610. The molecular weight excluding hydrogens is 572 g/mol. The molecule has 0 spiro atoms. The summed E-state index contributed by atoms with van der Waals surface area (Å²) < 4.78 is 11.8. The van der Waals surface area contributed by atoms with E-state index in [1.165, 1.54) is 22.3 Å². The van der Waals surface area contributed by atoms with Crippen molar-refractivity contribution in [2.75, 3.05) is 0 Å². The second-order valence-electron chi connectivity index (χ2n) is 11.1. The highest BCUT2D eigenvalue weighted by Gasteiger charge is 2.03. The lowest BCUT2D eigenvalue weighted by Gasteiger charge is -2.11. The maximum Gasteiger partial charge on any atom is 0.122 e. The summed E-state index contributed by atoms with van der Waals surface area (Å²) in [4.78, 5) is 0. The normalized spacial score (nSPS) is 10.8. The molecule has 0 saturated heterocycles. The monoisotopic (exact) mass is 612 g/mol. The number of rotatable bonds is 16. The molecule has 8 nitrogen and oxygen atoms in total. The number of nitrogens with one attached hydrogen (secondary N) is 4. The number of hydrogen-bond donors (Lipinski definition) is 6. The minimum absolute atomic E-state index is 0.0492. The highest BCUT2D eigenvalue weighted by Crippen LogP contribution is 2.17. The summed E-state index contributed by atoms with van der Waals surface area (Å²) in [5, 5.41) is 22.1. The van der Waals surface area contributed by atoms with Gasteiger partial charge >= 0.3 is 0 Å². The van der Waals surface area contributed by atoms with E-state index in [9.17, 15) is 0 Å². The van der Waals surface area contributed by atoms with Crippen LogP contribution >= 0.6 is 0 Å². The van der Waals surface area contributed by atoms with Gasteiger partial charge < -0.3 is 31.6 Å². The van der Waals surface area contributed by atoms with E-state index in [2.05, 4.69) is 83.4 Å². The summed E-state index contributed by atoms with van der Waals surface area (Å²) in [6.45, 7) is 4.05. The van der Waals surface area contributed by atoms with E-state index in [0.29, 0.717) is 24.3 Å². The molecule has 0 fully saturated rings. The third-order valence-electron chi connectivity index (χ3n) is 7.46. The molecule has 5 aromatic rings. The van der Waals surface area contributed by atoms with Crippen LogP contribution in [0.2, 0.25) is 0 Å². The standard InChI is InChI=1S/C38H40N6O2/c39-37(40)33-11-15-35(16-12-33)45-25-31-5-1-3-29(19-31)23-43-21-27-7-9-28(10-8-27)22-44-24-30-4-2-6-32(20-30)26-46-36-17-13-34(14-18-36)38(41)42/h1-20,43-44H,21-26H2,(H3,39,40)(H3,41,42). The summed E-state index contributed by atoms with van der Waals surface area (Å²) >= 11 is 0. The summed E-state index contributed by atoms with van der Waals surface area (Å²) in [5.74, 6) is 1.59. The molecule has 0 bridgehead atoms. The summed E-state index contributed by atoms with van der Waals surface area (Å²) in [6.07, 6.45) is 0. The Hall–Kier alpha value is -5.44. The van der Waals surface area contributed by atoms with Crippen LogP contribution in [0.1, 0.15) is 44.5 Å². The Labute approximate surface area is 270 Å². The summed E-state index contributed by atoms with van der Waals surface area (Å²) in [5.41, 5.74) is 19.5. The minimum atomic E-state index is 0.0492. The third kappa shape index (κ3) is 9.79. The van der Waals surface area contributed by atoms with E-state index in [0.717, 1.165) is 48.8 Å². The van der Waals surface area contributed by atoms with Gasteiger partial charge in [-0.3, -0.25) is 10.8 Å². The molecule has 0 aliphatic heterocycles. The summed E-state index contributed by atoms with van der Waals surface area (Å²) in [7, 11) is 0. The number of amidine groups is 2. The molecule has 5 aromatic carbocycles. The first-order chi connectivity index (χ1) is 22.4. The van der Waals surface area contributed by atoms with E-state index in [1.54, 1.807) is 24.3 Å². The fraction of sp³-hybridized carbons (Fsp3) is 0.158. The minimum Gasteiger partial charge on any atom is -0.489 e. The first-order valence-corrected chi connectivity index (χ1v) is 15.2. The van der Waals surface area contributed by atoms with Crippen molar-refractivity contribution >= 4 is 11.7 Å². The number of nitrogen functional groups attached to an aromatic ring is 2. The average Bonchev–Trinajstić information content (AvgIpc) is 3.08. The Kier molecular flexibility index (Phi) is 11.1. The first-order valence-electron chi connectivity index (χ1n) is 15.2. The van der Waals surface area contributed by atoms with Crippen molar-refractivity contribution in [1.82, 2.24) is 10.6 Å². The molecule has 0 unspecified atom stereocenters. The van der Waals surface area contributed by atoms with Crippen LogP contribution in [0, 0.1) is 10.8 Å². The van der Waals surface area contributed by atoms with Gasteiger partial charge in [0, 0.05) is 37.3 Å². The zero-order valence-electron chi connectivity index (χ0n) is 25.8. The van der Waals surface area contributed by atoms with Gasteiger partial charge in [-0.2, -0.15) is 0 Å².